The van der Waals surface area contributed by atoms with Crippen LogP contribution in [0.3, 0.4) is 0 Å². The zero-order chi connectivity index (χ0) is 11.0. The van der Waals surface area contributed by atoms with Gasteiger partial charge in [0.15, 0.2) is 0 Å². The van der Waals surface area contributed by atoms with Crippen LogP contribution in [0.15, 0.2) is 0 Å². The van der Waals surface area contributed by atoms with Gasteiger partial charge in [-0.1, -0.05) is 6.42 Å². The lowest BCUT2D eigenvalue weighted by Gasteiger charge is -2.32. The van der Waals surface area contributed by atoms with Crippen molar-refractivity contribution in [3.63, 3.8) is 0 Å². The third kappa shape index (κ3) is 2.28. The van der Waals surface area contributed by atoms with E-state index in [0.717, 1.165) is 23.8 Å². The summed E-state index contributed by atoms with van der Waals surface area (Å²) in [5.41, 5.74) is 0. The van der Waals surface area contributed by atoms with Gasteiger partial charge >= 0.3 is 0 Å². The number of piperidine rings is 1. The standard InChI is InChI=1S/C14H26N2/c1-16-6-2-3-14(10-16)15-9-13-8-11-4-5-12(13)7-11/h11-15H,2-10H2,1H3. The summed E-state index contributed by atoms with van der Waals surface area (Å²) >= 11 is 0. The van der Waals surface area contributed by atoms with Crippen LogP contribution in [0.5, 0.6) is 0 Å². The van der Waals surface area contributed by atoms with Gasteiger partial charge in [-0.3, -0.25) is 0 Å². The monoisotopic (exact) mass is 222 g/mol. The van der Waals surface area contributed by atoms with Gasteiger partial charge in [0.2, 0.25) is 0 Å². The molecule has 0 aromatic rings. The minimum atomic E-state index is 0.776. The number of likely N-dealkylation sites (N-methyl/N-ethyl adjacent to an activating group) is 1. The van der Waals surface area contributed by atoms with E-state index in [-0.39, 0.29) is 0 Å². The Labute approximate surface area is 99.8 Å². The maximum Gasteiger partial charge on any atom is 0.0195 e. The molecule has 3 rings (SSSR count). The van der Waals surface area contributed by atoms with Gasteiger partial charge < -0.3 is 10.2 Å². The fourth-order valence-corrected chi connectivity index (χ4v) is 4.28. The van der Waals surface area contributed by atoms with Gasteiger partial charge in [-0.25, -0.2) is 0 Å². The van der Waals surface area contributed by atoms with E-state index in [0.29, 0.717) is 0 Å². The Morgan fingerprint density at radius 1 is 1.19 bits per heavy atom. The quantitative estimate of drug-likeness (QED) is 0.787. The molecule has 3 aliphatic rings. The average molecular weight is 222 g/mol. The van der Waals surface area contributed by atoms with Crippen LogP contribution in [-0.2, 0) is 0 Å². The predicted octanol–water partition coefficient (Wildman–Crippen LogP) is 2.11. The lowest BCUT2D eigenvalue weighted by Crippen LogP contribution is -2.45. The molecule has 2 aliphatic carbocycles. The van der Waals surface area contributed by atoms with Crippen LogP contribution in [0.1, 0.15) is 38.5 Å². The highest BCUT2D eigenvalue weighted by molar-refractivity contribution is 4.91. The molecule has 0 spiro atoms. The molecule has 1 N–H and O–H groups in total. The van der Waals surface area contributed by atoms with Crippen molar-refractivity contribution in [1.82, 2.24) is 10.2 Å². The smallest absolute Gasteiger partial charge is 0.0195 e. The number of rotatable bonds is 3. The van der Waals surface area contributed by atoms with Crippen LogP contribution in [0, 0.1) is 17.8 Å². The Morgan fingerprint density at radius 2 is 2.12 bits per heavy atom. The van der Waals surface area contributed by atoms with Crippen molar-refractivity contribution in [3.05, 3.63) is 0 Å². The van der Waals surface area contributed by atoms with Crippen molar-refractivity contribution in [2.75, 3.05) is 26.7 Å². The molecule has 2 saturated carbocycles. The highest BCUT2D eigenvalue weighted by Gasteiger charge is 2.39. The molecule has 0 amide bonds. The number of nitrogens with one attached hydrogen (secondary N) is 1. The highest BCUT2D eigenvalue weighted by Crippen LogP contribution is 2.47. The molecule has 1 heterocycles. The van der Waals surface area contributed by atoms with Gasteiger partial charge in [-0.05, 0) is 70.0 Å². The van der Waals surface area contributed by atoms with E-state index in [9.17, 15) is 0 Å². The Bertz CT molecular complexity index is 241. The zero-order valence-corrected chi connectivity index (χ0v) is 10.6. The first kappa shape index (κ1) is 11.0. The van der Waals surface area contributed by atoms with Crippen molar-refractivity contribution < 1.29 is 0 Å². The normalized spacial score (nSPS) is 44.1. The molecule has 2 nitrogen and oxygen atoms in total. The number of hydrogen-bond acceptors (Lipinski definition) is 2. The summed E-state index contributed by atoms with van der Waals surface area (Å²) in [5.74, 6) is 3.20. The predicted molar refractivity (Wildman–Crippen MR) is 67.5 cm³/mol. The van der Waals surface area contributed by atoms with E-state index in [1.807, 2.05) is 0 Å². The van der Waals surface area contributed by atoms with Crippen LogP contribution < -0.4 is 5.32 Å². The van der Waals surface area contributed by atoms with Gasteiger partial charge in [0, 0.05) is 12.6 Å². The lowest BCUT2D eigenvalue weighted by molar-refractivity contribution is 0.212. The third-order valence-electron chi connectivity index (χ3n) is 5.18. The Morgan fingerprint density at radius 3 is 2.81 bits per heavy atom. The molecule has 2 heteroatoms. The number of nitrogens with zero attached hydrogens (tertiary/aromatic N) is 1. The van der Waals surface area contributed by atoms with E-state index in [4.69, 9.17) is 0 Å². The molecule has 0 aromatic heterocycles. The maximum atomic E-state index is 3.84. The van der Waals surface area contributed by atoms with Gasteiger partial charge in [-0.15, -0.1) is 0 Å². The molecule has 1 aliphatic heterocycles. The van der Waals surface area contributed by atoms with E-state index < -0.39 is 0 Å². The molecule has 0 radical (unpaired) electrons. The highest BCUT2D eigenvalue weighted by atomic mass is 15.1. The average Bonchev–Trinajstić information content (AvgIpc) is 2.88. The second-order valence-corrected chi connectivity index (χ2v) is 6.44. The zero-order valence-electron chi connectivity index (χ0n) is 10.6. The van der Waals surface area contributed by atoms with Crippen molar-refractivity contribution in [3.8, 4) is 0 Å². The molecular formula is C14H26N2. The fourth-order valence-electron chi connectivity index (χ4n) is 4.28. The van der Waals surface area contributed by atoms with E-state index in [2.05, 4.69) is 17.3 Å². The third-order valence-corrected chi connectivity index (χ3v) is 5.18. The summed E-state index contributed by atoms with van der Waals surface area (Å²) in [6.07, 6.45) is 8.92. The van der Waals surface area contributed by atoms with E-state index in [1.54, 1.807) is 6.42 Å². The number of hydrogen-bond donors (Lipinski definition) is 1. The Hall–Kier alpha value is -0.0800. The van der Waals surface area contributed by atoms with Crippen molar-refractivity contribution >= 4 is 0 Å². The fraction of sp³-hybridized carbons (Fsp3) is 1.00. The second-order valence-electron chi connectivity index (χ2n) is 6.44. The molecule has 4 unspecified atom stereocenters. The van der Waals surface area contributed by atoms with Crippen LogP contribution in [-0.4, -0.2) is 37.6 Å². The molecule has 0 aromatic carbocycles. The summed E-state index contributed by atoms with van der Waals surface area (Å²) in [4.78, 5) is 2.47. The summed E-state index contributed by atoms with van der Waals surface area (Å²) in [5, 5.41) is 3.84. The number of likely N-dealkylation sites (tertiary alicyclic amines) is 1. The molecule has 16 heavy (non-hydrogen) atoms. The van der Waals surface area contributed by atoms with Crippen LogP contribution >= 0.6 is 0 Å². The largest absolute Gasteiger partial charge is 0.312 e. The molecule has 2 bridgehead atoms. The first-order chi connectivity index (χ1) is 7.81. The molecule has 1 saturated heterocycles. The summed E-state index contributed by atoms with van der Waals surface area (Å²) in [6, 6.07) is 0.776. The summed E-state index contributed by atoms with van der Waals surface area (Å²) in [6.45, 7) is 3.87. The van der Waals surface area contributed by atoms with Crippen molar-refractivity contribution in [2.24, 2.45) is 17.8 Å². The van der Waals surface area contributed by atoms with Gasteiger partial charge in [-0.2, -0.15) is 0 Å². The van der Waals surface area contributed by atoms with Gasteiger partial charge in [0.05, 0.1) is 0 Å². The van der Waals surface area contributed by atoms with Gasteiger partial charge in [0.1, 0.15) is 0 Å². The minimum Gasteiger partial charge on any atom is -0.312 e. The Balaban J connectivity index is 1.42. The Kier molecular flexibility index (Phi) is 3.21. The van der Waals surface area contributed by atoms with E-state index in [1.165, 1.54) is 51.7 Å². The molecule has 4 atom stereocenters. The molecular weight excluding hydrogens is 196 g/mol. The minimum absolute atomic E-state index is 0.776. The van der Waals surface area contributed by atoms with Crippen LogP contribution in [0.25, 0.3) is 0 Å². The summed E-state index contributed by atoms with van der Waals surface area (Å²) in [7, 11) is 2.26. The van der Waals surface area contributed by atoms with E-state index >= 15 is 0 Å². The van der Waals surface area contributed by atoms with Gasteiger partial charge in [0.25, 0.3) is 0 Å². The SMILES string of the molecule is CN1CCCC(NCC2CC3CCC2C3)C1. The summed E-state index contributed by atoms with van der Waals surface area (Å²) < 4.78 is 0. The molecule has 3 fully saturated rings. The topological polar surface area (TPSA) is 15.3 Å². The van der Waals surface area contributed by atoms with Crippen LogP contribution in [0.4, 0.5) is 0 Å². The van der Waals surface area contributed by atoms with Crippen LogP contribution in [0.2, 0.25) is 0 Å². The van der Waals surface area contributed by atoms with Crippen molar-refractivity contribution in [2.45, 2.75) is 44.6 Å². The lowest BCUT2D eigenvalue weighted by atomic mass is 9.88. The number of fused-ring (bicyclic) bond motifs is 2. The molecule has 92 valence electrons. The first-order valence-corrected chi connectivity index (χ1v) is 7.23. The first-order valence-electron chi connectivity index (χ1n) is 7.23. The second kappa shape index (κ2) is 4.66. The maximum absolute atomic E-state index is 3.84. The van der Waals surface area contributed by atoms with Crippen molar-refractivity contribution in [1.29, 1.82) is 0 Å².